The van der Waals surface area contributed by atoms with E-state index in [0.717, 1.165) is 53.8 Å². The third kappa shape index (κ3) is 3.11. The van der Waals surface area contributed by atoms with Gasteiger partial charge in [0, 0.05) is 36.2 Å². The fourth-order valence-corrected chi connectivity index (χ4v) is 3.84. The van der Waals surface area contributed by atoms with Crippen molar-refractivity contribution in [3.63, 3.8) is 0 Å². The van der Waals surface area contributed by atoms with Crippen molar-refractivity contribution in [2.24, 2.45) is 11.5 Å². The first-order chi connectivity index (χ1) is 12.7. The number of fused-ring (bicyclic) bond motifs is 1. The van der Waals surface area contributed by atoms with E-state index in [1.807, 2.05) is 24.4 Å². The monoisotopic (exact) mass is 351 g/mol. The van der Waals surface area contributed by atoms with E-state index in [1.165, 1.54) is 0 Å². The fraction of sp³-hybridized carbons (Fsp3) is 0.368. The van der Waals surface area contributed by atoms with Crippen molar-refractivity contribution in [3.8, 4) is 0 Å². The molecule has 26 heavy (non-hydrogen) atoms. The lowest BCUT2D eigenvalue weighted by atomic mass is 9.81. The third-order valence-electron chi connectivity index (χ3n) is 5.22. The van der Waals surface area contributed by atoms with Crippen LogP contribution in [0, 0.1) is 0 Å². The normalized spacial score (nSPS) is 20.4. The fourth-order valence-electron chi connectivity index (χ4n) is 3.84. The second-order valence-corrected chi connectivity index (χ2v) is 7.01. The number of nitrogens with two attached hydrogens (primary N) is 3. The number of imidazole rings is 1. The van der Waals surface area contributed by atoms with Gasteiger partial charge in [0.15, 0.2) is 5.65 Å². The van der Waals surface area contributed by atoms with Crippen LogP contribution in [0.4, 0.5) is 17.2 Å². The van der Waals surface area contributed by atoms with Gasteiger partial charge in [-0.1, -0.05) is 12.1 Å². The van der Waals surface area contributed by atoms with Crippen LogP contribution in [-0.4, -0.2) is 20.6 Å². The van der Waals surface area contributed by atoms with Crippen LogP contribution in [0.3, 0.4) is 0 Å². The van der Waals surface area contributed by atoms with Gasteiger partial charge in [0.2, 0.25) is 0 Å². The number of nitrogens with one attached hydrogen (secondary N) is 1. The largest absolute Gasteiger partial charge is 0.382 e. The van der Waals surface area contributed by atoms with Gasteiger partial charge >= 0.3 is 0 Å². The molecule has 7 nitrogen and oxygen atoms in total. The highest BCUT2D eigenvalue weighted by molar-refractivity contribution is 5.80. The Labute approximate surface area is 152 Å². The van der Waals surface area contributed by atoms with E-state index in [9.17, 15) is 0 Å². The molecule has 7 N–H and O–H groups in total. The summed E-state index contributed by atoms with van der Waals surface area (Å²) in [6.45, 7) is 0.500. The predicted octanol–water partition coefficient (Wildman–Crippen LogP) is 2.50. The van der Waals surface area contributed by atoms with Crippen molar-refractivity contribution in [2.45, 2.75) is 44.2 Å². The minimum Gasteiger partial charge on any atom is -0.382 e. The number of rotatable bonds is 4. The smallest absolute Gasteiger partial charge is 0.177 e. The lowest BCUT2D eigenvalue weighted by Gasteiger charge is -2.28. The van der Waals surface area contributed by atoms with Gasteiger partial charge in [-0.25, -0.2) is 9.50 Å². The molecule has 0 amide bonds. The Balaban J connectivity index is 1.80. The van der Waals surface area contributed by atoms with Crippen LogP contribution in [0.25, 0.3) is 5.65 Å². The van der Waals surface area contributed by atoms with Gasteiger partial charge in [0.05, 0.1) is 5.69 Å². The Morgan fingerprint density at radius 2 is 2.00 bits per heavy atom. The number of nitrogen functional groups attached to an aromatic ring is 1. The van der Waals surface area contributed by atoms with E-state index in [4.69, 9.17) is 17.2 Å². The number of anilines is 3. The summed E-state index contributed by atoms with van der Waals surface area (Å²) in [6, 6.07) is 8.37. The second-order valence-electron chi connectivity index (χ2n) is 7.01. The zero-order chi connectivity index (χ0) is 18.1. The van der Waals surface area contributed by atoms with E-state index in [1.54, 1.807) is 10.7 Å². The average molecular weight is 351 g/mol. The first-order valence-corrected chi connectivity index (χ1v) is 9.10. The maximum absolute atomic E-state index is 6.37. The molecule has 7 heteroatoms. The van der Waals surface area contributed by atoms with Crippen LogP contribution in [0.5, 0.6) is 0 Å². The summed E-state index contributed by atoms with van der Waals surface area (Å²) in [7, 11) is 0. The standard InChI is InChI=1S/C19H25N7/c20-11-12-2-1-3-15(10-12)24-17-16(13-4-6-14(21)7-5-13)18(22)25-26-9-8-23-19(17)26/h1-3,8-10,13-14,24H,4-7,11,20-21H2,(H2,22,25). The van der Waals surface area contributed by atoms with Crippen LogP contribution in [0.1, 0.15) is 42.7 Å². The number of hydrogen-bond acceptors (Lipinski definition) is 6. The van der Waals surface area contributed by atoms with E-state index in [0.29, 0.717) is 18.3 Å². The molecule has 0 saturated heterocycles. The molecular formula is C19H25N7. The van der Waals surface area contributed by atoms with Gasteiger partial charge in [-0.05, 0) is 49.3 Å². The van der Waals surface area contributed by atoms with Crippen LogP contribution in [-0.2, 0) is 6.54 Å². The third-order valence-corrected chi connectivity index (χ3v) is 5.22. The Morgan fingerprint density at radius 1 is 1.19 bits per heavy atom. The highest BCUT2D eigenvalue weighted by Crippen LogP contribution is 2.41. The summed E-state index contributed by atoms with van der Waals surface area (Å²) < 4.78 is 1.72. The molecule has 0 bridgehead atoms. The van der Waals surface area contributed by atoms with Crippen molar-refractivity contribution < 1.29 is 0 Å². The van der Waals surface area contributed by atoms with Crippen molar-refractivity contribution in [2.75, 3.05) is 11.1 Å². The molecule has 1 fully saturated rings. The molecule has 0 atom stereocenters. The average Bonchev–Trinajstić information content (AvgIpc) is 3.11. The summed E-state index contributed by atoms with van der Waals surface area (Å²) in [6.07, 6.45) is 7.60. The first-order valence-electron chi connectivity index (χ1n) is 9.10. The van der Waals surface area contributed by atoms with E-state index in [-0.39, 0.29) is 6.04 Å². The van der Waals surface area contributed by atoms with Crippen molar-refractivity contribution in [1.82, 2.24) is 14.6 Å². The topological polar surface area (TPSA) is 120 Å². The maximum atomic E-state index is 6.37. The SMILES string of the molecule is NCc1cccc(Nc2c(C3CCC(N)CC3)c(N)nn3ccnc23)c1. The molecule has 1 aliphatic rings. The number of benzene rings is 1. The van der Waals surface area contributed by atoms with E-state index < -0.39 is 0 Å². The Hall–Kier alpha value is -2.64. The first kappa shape index (κ1) is 16.8. The maximum Gasteiger partial charge on any atom is 0.177 e. The lowest BCUT2D eigenvalue weighted by molar-refractivity contribution is 0.396. The second kappa shape index (κ2) is 6.93. The summed E-state index contributed by atoms with van der Waals surface area (Å²) in [4.78, 5) is 4.50. The molecule has 0 aliphatic heterocycles. The highest BCUT2D eigenvalue weighted by Gasteiger charge is 2.27. The molecule has 1 aromatic carbocycles. The molecule has 136 valence electrons. The minimum atomic E-state index is 0.285. The zero-order valence-electron chi connectivity index (χ0n) is 14.7. The van der Waals surface area contributed by atoms with Crippen LogP contribution in [0.15, 0.2) is 36.7 Å². The molecule has 2 heterocycles. The Kier molecular flexibility index (Phi) is 4.48. The van der Waals surface area contributed by atoms with Crippen LogP contribution >= 0.6 is 0 Å². The van der Waals surface area contributed by atoms with Gasteiger partial charge < -0.3 is 22.5 Å². The van der Waals surface area contributed by atoms with Gasteiger partial charge in [0.1, 0.15) is 5.82 Å². The van der Waals surface area contributed by atoms with Crippen molar-refractivity contribution >= 4 is 22.8 Å². The minimum absolute atomic E-state index is 0.285. The van der Waals surface area contributed by atoms with Gasteiger partial charge in [0.25, 0.3) is 0 Å². The highest BCUT2D eigenvalue weighted by atomic mass is 15.3. The predicted molar refractivity (Wildman–Crippen MR) is 104 cm³/mol. The molecule has 4 rings (SSSR count). The molecule has 0 radical (unpaired) electrons. The van der Waals surface area contributed by atoms with Crippen molar-refractivity contribution in [3.05, 3.63) is 47.8 Å². The quantitative estimate of drug-likeness (QED) is 0.573. The molecular weight excluding hydrogens is 326 g/mol. The number of nitrogens with zero attached hydrogens (tertiary/aromatic N) is 3. The van der Waals surface area contributed by atoms with E-state index >= 15 is 0 Å². The van der Waals surface area contributed by atoms with Crippen LogP contribution in [0.2, 0.25) is 0 Å². The van der Waals surface area contributed by atoms with Crippen molar-refractivity contribution in [1.29, 1.82) is 0 Å². The van der Waals surface area contributed by atoms with Gasteiger partial charge in [-0.3, -0.25) is 0 Å². The number of aromatic nitrogens is 3. The summed E-state index contributed by atoms with van der Waals surface area (Å²) in [5, 5.41) is 8.04. The summed E-state index contributed by atoms with van der Waals surface area (Å²) in [5.41, 5.74) is 23.0. The zero-order valence-corrected chi connectivity index (χ0v) is 14.7. The molecule has 1 saturated carbocycles. The summed E-state index contributed by atoms with van der Waals surface area (Å²) in [5.74, 6) is 0.887. The Morgan fingerprint density at radius 3 is 2.77 bits per heavy atom. The van der Waals surface area contributed by atoms with E-state index in [2.05, 4.69) is 21.5 Å². The Bertz CT molecular complexity index is 909. The lowest BCUT2D eigenvalue weighted by Crippen LogP contribution is -2.26. The van der Waals surface area contributed by atoms with Crippen LogP contribution < -0.4 is 22.5 Å². The summed E-state index contributed by atoms with van der Waals surface area (Å²) >= 11 is 0. The molecule has 1 aliphatic carbocycles. The van der Waals surface area contributed by atoms with Gasteiger partial charge in [-0.15, -0.1) is 5.10 Å². The number of hydrogen-bond donors (Lipinski definition) is 4. The molecule has 3 aromatic rings. The molecule has 0 unspecified atom stereocenters. The van der Waals surface area contributed by atoms with Gasteiger partial charge in [-0.2, -0.15) is 0 Å². The molecule has 2 aromatic heterocycles. The molecule has 0 spiro atoms.